The van der Waals surface area contributed by atoms with Crippen LogP contribution in [0.3, 0.4) is 0 Å². The van der Waals surface area contributed by atoms with Gasteiger partial charge in [0.1, 0.15) is 43.2 Å². The molecule has 13 atom stereocenters. The van der Waals surface area contributed by atoms with Crippen molar-refractivity contribution in [2.45, 2.75) is 242 Å². The number of carbonyl (C=O) groups excluding carboxylic acids is 2. The molecule has 2 unspecified atom stereocenters. The van der Waals surface area contributed by atoms with Crippen LogP contribution in [0.25, 0.3) is 0 Å². The standard InChI is InChI=1S/C47H86O20P2/c1-3-5-7-8-9-10-11-12-13-14-15-16-17-18-23-27-39(50)62-32-35-33-63-69(60,61)67-47-45(56)44(55)42(53)36(26-22-19-20-24-28-40(51)64-35)37(49)31-41(52)65-38(30-29-34(48)25-21-6-4-2)43(54)46(47)66-68(57,58)59/h19,22,29-30,34-38,41-49,52-56H,3-18,20-21,23-28,31-33H2,1-2H3,(H,60,61)(H2,57,58,59)/b22-19-,30-29+/t34-,35+,36-,37-,38+,41?,42+,43+,44-,45+,46+,47-/m0/s1. The summed E-state index contributed by atoms with van der Waals surface area (Å²) in [6.45, 7) is 2.55. The fourth-order valence-electron chi connectivity index (χ4n) is 8.30. The second kappa shape index (κ2) is 35.5. The number of allylic oxidation sites excluding steroid dienone is 2. The molecule has 2 bridgehead atoms. The highest BCUT2D eigenvalue weighted by Crippen LogP contribution is 2.49. The summed E-state index contributed by atoms with van der Waals surface area (Å²) in [4.78, 5) is 56.7. The molecule has 0 spiro atoms. The van der Waals surface area contributed by atoms with Crippen LogP contribution in [0.1, 0.15) is 174 Å². The molecule has 0 aromatic carbocycles. The molecule has 2 heterocycles. The van der Waals surface area contributed by atoms with Crippen LogP contribution in [0.5, 0.6) is 0 Å². The van der Waals surface area contributed by atoms with Gasteiger partial charge < -0.3 is 64.6 Å². The van der Waals surface area contributed by atoms with Crippen LogP contribution in [-0.4, -0.2) is 143 Å². The molecule has 2 aliphatic heterocycles. The smallest absolute Gasteiger partial charge is 0.462 e. The average Bonchev–Trinajstić information content (AvgIpc) is 3.29. The Kier molecular flexibility index (Phi) is 32.6. The van der Waals surface area contributed by atoms with Crippen molar-refractivity contribution in [3.05, 3.63) is 24.3 Å². The lowest BCUT2D eigenvalue weighted by atomic mass is 9.83. The Hall–Kier alpha value is -1.68. The van der Waals surface area contributed by atoms with Crippen molar-refractivity contribution in [2.24, 2.45) is 5.92 Å². The molecule has 0 aromatic rings. The van der Waals surface area contributed by atoms with Gasteiger partial charge in [0.25, 0.3) is 0 Å². The molecule has 0 radical (unpaired) electrons. The third-order valence-corrected chi connectivity index (χ3v) is 13.8. The first-order chi connectivity index (χ1) is 32.8. The van der Waals surface area contributed by atoms with Crippen molar-refractivity contribution >= 4 is 27.6 Å². The SMILES string of the molecule is CCCCCCCCCCCCCCCCCC(=O)OC[C@@H]1COP(=O)(O)O[C@H]2[C@H](O)[C@@H](O)[C@H](O)[C@@H](C/C=C\CCCC(=O)O1)[C@@H](O)CC(O)O[C@H](/C=C/[C@@H](O)CCCCC)[C@@H](O)[C@H]2OP(=O)(O)O. The van der Waals surface area contributed by atoms with Gasteiger partial charge in [0, 0.05) is 25.2 Å². The molecule has 20 nitrogen and oxygen atoms in total. The summed E-state index contributed by atoms with van der Waals surface area (Å²) in [7, 11) is -11.5. The van der Waals surface area contributed by atoms with E-state index in [1.165, 1.54) is 70.3 Å². The zero-order valence-electron chi connectivity index (χ0n) is 40.8. The minimum Gasteiger partial charge on any atom is -0.462 e. The van der Waals surface area contributed by atoms with Gasteiger partial charge in [0.15, 0.2) is 12.4 Å². The average molecular weight is 1030 g/mol. The number of carbonyl (C=O) groups is 2. The number of phosphoric ester groups is 2. The fourth-order valence-corrected chi connectivity index (χ4v) is 9.83. The minimum atomic E-state index is -5.79. The number of phosphoric acid groups is 2. The van der Waals surface area contributed by atoms with Crippen molar-refractivity contribution in [3.63, 3.8) is 0 Å². The Morgan fingerprint density at radius 2 is 1.41 bits per heavy atom. The number of hydrogen-bond acceptors (Lipinski definition) is 17. The third kappa shape index (κ3) is 27.8. The summed E-state index contributed by atoms with van der Waals surface area (Å²) < 4.78 is 57.7. The normalized spacial score (nSPS) is 31.6. The minimum absolute atomic E-state index is 0.0530. The number of esters is 2. The molecule has 404 valence electrons. The first-order valence-corrected chi connectivity index (χ1v) is 28.3. The van der Waals surface area contributed by atoms with E-state index >= 15 is 0 Å². The zero-order chi connectivity index (χ0) is 51.2. The molecule has 69 heavy (non-hydrogen) atoms. The van der Waals surface area contributed by atoms with Gasteiger partial charge in [-0.3, -0.25) is 23.2 Å². The Labute approximate surface area is 408 Å². The van der Waals surface area contributed by atoms with Gasteiger partial charge in [-0.2, -0.15) is 0 Å². The lowest BCUT2D eigenvalue weighted by molar-refractivity contribution is -0.210. The largest absolute Gasteiger partial charge is 0.472 e. The van der Waals surface area contributed by atoms with E-state index in [2.05, 4.69) is 6.92 Å². The van der Waals surface area contributed by atoms with Crippen LogP contribution < -0.4 is 0 Å². The van der Waals surface area contributed by atoms with Crippen molar-refractivity contribution in [2.75, 3.05) is 13.2 Å². The van der Waals surface area contributed by atoms with E-state index in [4.69, 9.17) is 27.8 Å². The highest BCUT2D eigenvalue weighted by atomic mass is 31.2. The summed E-state index contributed by atoms with van der Waals surface area (Å²) in [5, 5.41) is 78.9. The lowest BCUT2D eigenvalue weighted by Crippen LogP contribution is -2.58. The monoisotopic (exact) mass is 1030 g/mol. The van der Waals surface area contributed by atoms with Gasteiger partial charge in [-0.15, -0.1) is 0 Å². The Morgan fingerprint density at radius 1 is 0.826 bits per heavy atom. The predicted octanol–water partition coefficient (Wildman–Crippen LogP) is 5.84. The second-order valence-electron chi connectivity index (χ2n) is 18.4. The molecule has 2 aliphatic rings. The Morgan fingerprint density at radius 3 is 2.00 bits per heavy atom. The molecule has 1 fully saturated rings. The molecular formula is C47H86O20P2. The highest BCUT2D eigenvalue weighted by molar-refractivity contribution is 7.47. The molecule has 10 N–H and O–H groups in total. The maximum absolute atomic E-state index is 13.7. The van der Waals surface area contributed by atoms with Crippen molar-refractivity contribution in [1.82, 2.24) is 0 Å². The first-order valence-electron chi connectivity index (χ1n) is 25.3. The van der Waals surface area contributed by atoms with E-state index in [0.29, 0.717) is 12.8 Å². The number of unbranched alkanes of at least 4 members (excludes halogenated alkanes) is 16. The Balaban J connectivity index is 2.30. The van der Waals surface area contributed by atoms with E-state index in [9.17, 15) is 69.1 Å². The van der Waals surface area contributed by atoms with Crippen LogP contribution in [0.15, 0.2) is 24.3 Å². The van der Waals surface area contributed by atoms with E-state index in [1.54, 1.807) is 6.08 Å². The number of hydrogen-bond donors (Lipinski definition) is 10. The summed E-state index contributed by atoms with van der Waals surface area (Å²) >= 11 is 0. The molecule has 22 heteroatoms. The van der Waals surface area contributed by atoms with E-state index in [0.717, 1.165) is 50.7 Å². The maximum Gasteiger partial charge on any atom is 0.472 e. The number of cyclic esters (lactones) is 1. The van der Waals surface area contributed by atoms with E-state index in [1.807, 2.05) is 6.92 Å². The number of rotatable bonds is 26. The molecule has 0 aliphatic carbocycles. The van der Waals surface area contributed by atoms with Gasteiger partial charge in [0.2, 0.25) is 0 Å². The topological polar surface area (TPSA) is 326 Å². The molecule has 0 saturated carbocycles. The van der Waals surface area contributed by atoms with Gasteiger partial charge in [0.05, 0.1) is 24.9 Å². The number of ether oxygens (including phenoxy) is 3. The number of fused-ring (bicyclic) bond motifs is 4. The van der Waals surface area contributed by atoms with Crippen LogP contribution in [0, 0.1) is 5.92 Å². The molecular weight excluding hydrogens is 946 g/mol. The summed E-state index contributed by atoms with van der Waals surface area (Å²) in [6.07, 6.45) is 0.851. The second-order valence-corrected chi connectivity index (χ2v) is 21.0. The van der Waals surface area contributed by atoms with Gasteiger partial charge >= 0.3 is 27.6 Å². The molecule has 0 aromatic heterocycles. The van der Waals surface area contributed by atoms with Crippen LogP contribution in [0.4, 0.5) is 0 Å². The summed E-state index contributed by atoms with van der Waals surface area (Å²) in [5.41, 5.74) is 0. The number of aliphatic hydroxyl groups excluding tert-OH is 7. The van der Waals surface area contributed by atoms with Gasteiger partial charge in [-0.25, -0.2) is 9.13 Å². The van der Waals surface area contributed by atoms with Crippen LogP contribution in [-0.2, 0) is 46.5 Å². The highest BCUT2D eigenvalue weighted by Gasteiger charge is 2.50. The van der Waals surface area contributed by atoms with Gasteiger partial charge in [-0.1, -0.05) is 147 Å². The van der Waals surface area contributed by atoms with Crippen LogP contribution in [0.2, 0.25) is 0 Å². The van der Waals surface area contributed by atoms with Gasteiger partial charge in [-0.05, 0) is 32.1 Å². The first kappa shape index (κ1) is 63.4. The molecule has 1 saturated heterocycles. The van der Waals surface area contributed by atoms with E-state index < -0.39 is 120 Å². The van der Waals surface area contributed by atoms with Crippen molar-refractivity contribution in [3.8, 4) is 0 Å². The zero-order valence-corrected chi connectivity index (χ0v) is 42.6. The molecule has 2 rings (SSSR count). The quantitative estimate of drug-likeness (QED) is 0.0211. The lowest BCUT2D eigenvalue weighted by Gasteiger charge is -2.41. The third-order valence-electron chi connectivity index (χ3n) is 12.3. The van der Waals surface area contributed by atoms with E-state index in [-0.39, 0.29) is 38.5 Å². The predicted molar refractivity (Wildman–Crippen MR) is 254 cm³/mol. The Bertz CT molecular complexity index is 1550. The molecule has 0 amide bonds. The summed E-state index contributed by atoms with van der Waals surface area (Å²) in [6, 6.07) is 0. The maximum atomic E-state index is 13.7. The fraction of sp³-hybridized carbons (Fsp3) is 0.872. The van der Waals surface area contributed by atoms with Crippen LogP contribution >= 0.6 is 15.6 Å². The van der Waals surface area contributed by atoms with Crippen molar-refractivity contribution < 1.29 is 96.9 Å². The summed E-state index contributed by atoms with van der Waals surface area (Å²) in [5.74, 6) is -2.85. The number of aliphatic hydroxyl groups is 7. The van der Waals surface area contributed by atoms with Crippen molar-refractivity contribution in [1.29, 1.82) is 0 Å².